The quantitative estimate of drug-likeness (QED) is 0.535. The van der Waals surface area contributed by atoms with Gasteiger partial charge in [-0.15, -0.1) is 0 Å². The number of imidazole rings is 1. The minimum absolute atomic E-state index is 0.249. The summed E-state index contributed by atoms with van der Waals surface area (Å²) in [5, 5.41) is 9.71. The molecule has 0 radical (unpaired) electrons. The van der Waals surface area contributed by atoms with Crippen LogP contribution < -0.4 is 4.74 Å². The van der Waals surface area contributed by atoms with Gasteiger partial charge in [-0.3, -0.25) is 0 Å². The first kappa shape index (κ1) is 20.0. The van der Waals surface area contributed by atoms with Gasteiger partial charge in [-0.05, 0) is 42.3 Å². The lowest BCUT2D eigenvalue weighted by Crippen LogP contribution is -2.06. The van der Waals surface area contributed by atoms with Crippen molar-refractivity contribution < 1.29 is 14.6 Å². The zero-order valence-electron chi connectivity index (χ0n) is 15.1. The molecule has 3 rings (SSSR count). The summed E-state index contributed by atoms with van der Waals surface area (Å²) in [6.07, 6.45) is 2.46. The summed E-state index contributed by atoms with van der Waals surface area (Å²) in [5.41, 5.74) is 2.34. The van der Waals surface area contributed by atoms with Crippen LogP contribution >= 0.6 is 23.2 Å². The largest absolute Gasteiger partial charge is 0.489 e. The number of aromatic nitrogens is 2. The van der Waals surface area contributed by atoms with Crippen molar-refractivity contribution in [2.75, 3.05) is 0 Å². The highest BCUT2D eigenvalue weighted by Gasteiger charge is 2.13. The Bertz CT molecular complexity index is 1010. The van der Waals surface area contributed by atoms with E-state index in [1.165, 1.54) is 6.08 Å². The molecule has 0 amide bonds. The number of hydrogen-bond donors (Lipinski definition) is 1. The van der Waals surface area contributed by atoms with Crippen LogP contribution in [0.2, 0.25) is 10.2 Å². The van der Waals surface area contributed by atoms with E-state index in [1.807, 2.05) is 53.1 Å². The smallest absolute Gasteiger partial charge is 0.328 e. The molecule has 28 heavy (non-hydrogen) atoms. The standard InChI is InChI=1S/C21H18Cl2N2O3/c1-14-24-21(23)19(9-10-20(26)27)25(14)12-16-8-7-15(11-18(16)22)13-28-17-5-3-2-4-6-17/h2-11H,12-13H2,1H3,(H,26,27). The van der Waals surface area contributed by atoms with Crippen molar-refractivity contribution in [1.29, 1.82) is 0 Å². The molecule has 7 heteroatoms. The molecule has 0 fully saturated rings. The van der Waals surface area contributed by atoms with E-state index in [2.05, 4.69) is 4.98 Å². The summed E-state index contributed by atoms with van der Waals surface area (Å²) >= 11 is 12.6. The Morgan fingerprint density at radius 1 is 1.21 bits per heavy atom. The highest BCUT2D eigenvalue weighted by Crippen LogP contribution is 2.25. The van der Waals surface area contributed by atoms with Gasteiger partial charge in [0.15, 0.2) is 5.15 Å². The number of aryl methyl sites for hydroxylation is 1. The monoisotopic (exact) mass is 416 g/mol. The van der Waals surface area contributed by atoms with E-state index in [9.17, 15) is 4.79 Å². The van der Waals surface area contributed by atoms with Gasteiger partial charge in [0.05, 0.1) is 12.2 Å². The first-order valence-corrected chi connectivity index (χ1v) is 9.28. The van der Waals surface area contributed by atoms with Crippen molar-refractivity contribution in [1.82, 2.24) is 9.55 Å². The van der Waals surface area contributed by atoms with Crippen molar-refractivity contribution in [3.8, 4) is 5.75 Å². The maximum Gasteiger partial charge on any atom is 0.328 e. The van der Waals surface area contributed by atoms with Gasteiger partial charge in [0.2, 0.25) is 0 Å². The number of para-hydroxylation sites is 1. The van der Waals surface area contributed by atoms with Crippen molar-refractivity contribution in [2.24, 2.45) is 0 Å². The fourth-order valence-corrected chi connectivity index (χ4v) is 3.27. The van der Waals surface area contributed by atoms with Gasteiger partial charge in [0.25, 0.3) is 0 Å². The highest BCUT2D eigenvalue weighted by molar-refractivity contribution is 6.31. The molecule has 1 aromatic heterocycles. The third kappa shape index (κ3) is 4.94. The zero-order chi connectivity index (χ0) is 20.1. The molecule has 1 N–H and O–H groups in total. The fraction of sp³-hybridized carbons (Fsp3) is 0.143. The molecule has 0 aliphatic heterocycles. The Kier molecular flexibility index (Phi) is 6.39. The number of aliphatic carboxylic acids is 1. The van der Waals surface area contributed by atoms with Crippen LogP contribution in [0.3, 0.4) is 0 Å². The molecule has 5 nitrogen and oxygen atoms in total. The van der Waals surface area contributed by atoms with Crippen molar-refractivity contribution in [3.63, 3.8) is 0 Å². The third-order valence-corrected chi connectivity index (χ3v) is 4.76. The molecule has 0 saturated heterocycles. The van der Waals surface area contributed by atoms with Crippen LogP contribution in [0.1, 0.15) is 22.6 Å². The van der Waals surface area contributed by atoms with Crippen LogP contribution in [0.4, 0.5) is 0 Å². The van der Waals surface area contributed by atoms with E-state index in [-0.39, 0.29) is 5.15 Å². The number of rotatable bonds is 7. The summed E-state index contributed by atoms with van der Waals surface area (Å²) in [7, 11) is 0. The Balaban J connectivity index is 1.77. The minimum atomic E-state index is -1.05. The van der Waals surface area contributed by atoms with E-state index < -0.39 is 5.97 Å². The molecule has 0 aliphatic carbocycles. The van der Waals surface area contributed by atoms with Gasteiger partial charge in [0, 0.05) is 11.1 Å². The van der Waals surface area contributed by atoms with Crippen LogP contribution in [-0.4, -0.2) is 20.6 Å². The van der Waals surface area contributed by atoms with Gasteiger partial charge < -0.3 is 14.4 Å². The number of hydrogen-bond acceptors (Lipinski definition) is 3. The molecule has 1 heterocycles. The molecular weight excluding hydrogens is 399 g/mol. The predicted molar refractivity (Wildman–Crippen MR) is 110 cm³/mol. The Labute approximate surface area is 172 Å². The number of ether oxygens (including phenoxy) is 1. The number of carboxylic acid groups (broad SMARTS) is 1. The molecule has 0 spiro atoms. The molecule has 0 atom stereocenters. The van der Waals surface area contributed by atoms with Crippen molar-refractivity contribution >= 4 is 35.2 Å². The fourth-order valence-electron chi connectivity index (χ4n) is 2.72. The normalized spacial score (nSPS) is 11.1. The van der Waals surface area contributed by atoms with E-state index in [4.69, 9.17) is 33.0 Å². The maximum atomic E-state index is 10.8. The molecule has 2 aromatic carbocycles. The van der Waals surface area contributed by atoms with Crippen LogP contribution in [0.5, 0.6) is 5.75 Å². The molecule has 0 unspecified atom stereocenters. The first-order chi connectivity index (χ1) is 13.4. The van der Waals surface area contributed by atoms with Crippen molar-refractivity contribution in [3.05, 3.63) is 87.4 Å². The number of halogens is 2. The SMILES string of the molecule is Cc1nc(Cl)c(C=CC(=O)O)n1Cc1ccc(COc2ccccc2)cc1Cl. The lowest BCUT2D eigenvalue weighted by atomic mass is 10.1. The summed E-state index contributed by atoms with van der Waals surface area (Å²) in [4.78, 5) is 15.0. The van der Waals surface area contributed by atoms with Crippen LogP contribution in [0.25, 0.3) is 6.08 Å². The van der Waals surface area contributed by atoms with Gasteiger partial charge in [0.1, 0.15) is 18.2 Å². The lowest BCUT2D eigenvalue weighted by molar-refractivity contribution is -0.131. The third-order valence-electron chi connectivity index (χ3n) is 4.13. The molecule has 0 bridgehead atoms. The molecule has 0 aliphatic rings. The van der Waals surface area contributed by atoms with E-state index in [1.54, 1.807) is 6.92 Å². The topological polar surface area (TPSA) is 64.3 Å². The summed E-state index contributed by atoms with van der Waals surface area (Å²) < 4.78 is 7.57. The van der Waals surface area contributed by atoms with Crippen LogP contribution in [0.15, 0.2) is 54.6 Å². The van der Waals surface area contributed by atoms with E-state index >= 15 is 0 Å². The predicted octanol–water partition coefficient (Wildman–Crippen LogP) is 5.22. The molecule has 0 saturated carbocycles. The van der Waals surface area contributed by atoms with Crippen LogP contribution in [0, 0.1) is 6.92 Å². The van der Waals surface area contributed by atoms with E-state index in [0.717, 1.165) is 23.0 Å². The second-order valence-electron chi connectivity index (χ2n) is 6.12. The Hall–Kier alpha value is -2.76. The molecule has 3 aromatic rings. The molecular formula is C21H18Cl2N2O3. The lowest BCUT2D eigenvalue weighted by Gasteiger charge is -2.12. The number of carbonyl (C=O) groups is 1. The van der Waals surface area contributed by atoms with Crippen molar-refractivity contribution in [2.45, 2.75) is 20.1 Å². The number of benzene rings is 2. The summed E-state index contributed by atoms with van der Waals surface area (Å²) in [6, 6.07) is 15.3. The highest BCUT2D eigenvalue weighted by atomic mass is 35.5. The van der Waals surface area contributed by atoms with Gasteiger partial charge >= 0.3 is 5.97 Å². The minimum Gasteiger partial charge on any atom is -0.489 e. The van der Waals surface area contributed by atoms with Gasteiger partial charge in [-0.1, -0.05) is 53.5 Å². The second kappa shape index (κ2) is 8.95. The van der Waals surface area contributed by atoms with Gasteiger partial charge in [-0.25, -0.2) is 9.78 Å². The number of carboxylic acids is 1. The average molecular weight is 417 g/mol. The molecule has 144 valence electrons. The Morgan fingerprint density at radius 2 is 1.96 bits per heavy atom. The maximum absolute atomic E-state index is 10.8. The van der Waals surface area contributed by atoms with Gasteiger partial charge in [-0.2, -0.15) is 0 Å². The average Bonchev–Trinajstić information content (AvgIpc) is 2.93. The first-order valence-electron chi connectivity index (χ1n) is 8.53. The van der Waals surface area contributed by atoms with E-state index in [0.29, 0.717) is 29.7 Å². The number of nitrogens with zero attached hydrogens (tertiary/aromatic N) is 2. The second-order valence-corrected chi connectivity index (χ2v) is 6.89. The summed E-state index contributed by atoms with van der Waals surface area (Å²) in [6.45, 7) is 2.63. The summed E-state index contributed by atoms with van der Waals surface area (Å²) in [5.74, 6) is 0.408. The Morgan fingerprint density at radius 3 is 2.64 bits per heavy atom. The zero-order valence-corrected chi connectivity index (χ0v) is 16.6. The van der Waals surface area contributed by atoms with Crippen LogP contribution in [-0.2, 0) is 17.9 Å².